The summed E-state index contributed by atoms with van der Waals surface area (Å²) in [4.78, 5) is 29.5. The smallest absolute Gasteiger partial charge is 0.230 e. The van der Waals surface area contributed by atoms with E-state index in [4.69, 9.17) is 0 Å². The highest BCUT2D eigenvalue weighted by molar-refractivity contribution is 5.87. The van der Waals surface area contributed by atoms with E-state index in [9.17, 15) is 9.59 Å². The van der Waals surface area contributed by atoms with Crippen LogP contribution in [-0.4, -0.2) is 47.8 Å². The van der Waals surface area contributed by atoms with Crippen molar-refractivity contribution in [1.82, 2.24) is 9.80 Å². The third kappa shape index (κ3) is 3.56. The highest BCUT2D eigenvalue weighted by Gasteiger charge is 2.51. The van der Waals surface area contributed by atoms with Crippen molar-refractivity contribution in [1.29, 1.82) is 0 Å². The summed E-state index contributed by atoms with van der Waals surface area (Å²) in [6, 6.07) is 18.5. The summed E-state index contributed by atoms with van der Waals surface area (Å²) in [7, 11) is 0. The fourth-order valence-corrected chi connectivity index (χ4v) is 4.57. The number of likely N-dealkylation sites (tertiary alicyclic amines) is 2. The first-order chi connectivity index (χ1) is 13.6. The molecule has 0 N–H and O–H groups in total. The van der Waals surface area contributed by atoms with Gasteiger partial charge in [-0.2, -0.15) is 0 Å². The van der Waals surface area contributed by atoms with Crippen LogP contribution >= 0.6 is 0 Å². The van der Waals surface area contributed by atoms with E-state index in [1.165, 1.54) is 5.56 Å². The van der Waals surface area contributed by atoms with Gasteiger partial charge < -0.3 is 9.80 Å². The van der Waals surface area contributed by atoms with E-state index >= 15 is 0 Å². The number of amides is 2. The number of carbonyl (C=O) groups is 2. The molecule has 2 fully saturated rings. The van der Waals surface area contributed by atoms with E-state index in [0.717, 1.165) is 43.5 Å². The molecule has 2 amide bonds. The van der Waals surface area contributed by atoms with Crippen molar-refractivity contribution in [3.63, 3.8) is 0 Å². The Kier molecular flexibility index (Phi) is 5.21. The fourth-order valence-electron chi connectivity index (χ4n) is 4.57. The molecule has 1 spiro atoms. The molecule has 2 aliphatic rings. The molecule has 2 aliphatic heterocycles. The number of carbonyl (C=O) groups excluding carboxylic acids is 2. The van der Waals surface area contributed by atoms with Crippen LogP contribution in [0.2, 0.25) is 0 Å². The van der Waals surface area contributed by atoms with Gasteiger partial charge in [0.1, 0.15) is 0 Å². The SMILES string of the molecule is CCCN1CCC2(CCN(C(=O)Cc3ccc(-c4ccccc4)cc3)C2)C1=O. The van der Waals surface area contributed by atoms with Crippen molar-refractivity contribution in [3.05, 3.63) is 60.2 Å². The maximum Gasteiger partial charge on any atom is 0.230 e. The lowest BCUT2D eigenvalue weighted by Gasteiger charge is -2.23. The molecule has 28 heavy (non-hydrogen) atoms. The predicted octanol–water partition coefficient (Wildman–Crippen LogP) is 3.76. The number of hydrogen-bond acceptors (Lipinski definition) is 2. The van der Waals surface area contributed by atoms with E-state index in [1.807, 2.05) is 40.1 Å². The Balaban J connectivity index is 1.38. The van der Waals surface area contributed by atoms with Crippen LogP contribution in [0.25, 0.3) is 11.1 Å². The minimum absolute atomic E-state index is 0.131. The van der Waals surface area contributed by atoms with Gasteiger partial charge in [0.2, 0.25) is 11.8 Å². The molecule has 2 aromatic rings. The van der Waals surface area contributed by atoms with Gasteiger partial charge in [0, 0.05) is 26.2 Å². The Morgan fingerprint density at radius 2 is 1.64 bits per heavy atom. The zero-order valence-corrected chi connectivity index (χ0v) is 16.6. The van der Waals surface area contributed by atoms with E-state index in [0.29, 0.717) is 19.5 Å². The molecule has 146 valence electrons. The van der Waals surface area contributed by atoms with Crippen LogP contribution in [0.3, 0.4) is 0 Å². The maximum absolute atomic E-state index is 12.8. The van der Waals surface area contributed by atoms with Crippen molar-refractivity contribution < 1.29 is 9.59 Å². The van der Waals surface area contributed by atoms with E-state index in [1.54, 1.807) is 0 Å². The lowest BCUT2D eigenvalue weighted by atomic mass is 9.85. The monoisotopic (exact) mass is 376 g/mol. The molecule has 0 radical (unpaired) electrons. The summed E-state index contributed by atoms with van der Waals surface area (Å²) < 4.78 is 0. The van der Waals surface area contributed by atoms with Crippen molar-refractivity contribution in [2.24, 2.45) is 5.41 Å². The molecule has 0 aliphatic carbocycles. The third-order valence-electron chi connectivity index (χ3n) is 6.22. The number of nitrogens with zero attached hydrogens (tertiary/aromatic N) is 2. The van der Waals surface area contributed by atoms with Crippen LogP contribution < -0.4 is 0 Å². The number of hydrogen-bond donors (Lipinski definition) is 0. The summed E-state index contributed by atoms with van der Waals surface area (Å²) in [5.41, 5.74) is 3.04. The van der Waals surface area contributed by atoms with Crippen LogP contribution in [0.1, 0.15) is 31.7 Å². The Morgan fingerprint density at radius 1 is 0.964 bits per heavy atom. The molecule has 2 saturated heterocycles. The predicted molar refractivity (Wildman–Crippen MR) is 111 cm³/mol. The van der Waals surface area contributed by atoms with Gasteiger partial charge in [-0.05, 0) is 36.0 Å². The fraction of sp³-hybridized carbons (Fsp3) is 0.417. The van der Waals surface area contributed by atoms with Gasteiger partial charge in [0.25, 0.3) is 0 Å². The second-order valence-electron chi connectivity index (χ2n) is 8.13. The summed E-state index contributed by atoms with van der Waals surface area (Å²) >= 11 is 0. The van der Waals surface area contributed by atoms with Crippen molar-refractivity contribution in [2.45, 2.75) is 32.6 Å². The minimum atomic E-state index is -0.317. The van der Waals surface area contributed by atoms with Crippen LogP contribution in [0.4, 0.5) is 0 Å². The van der Waals surface area contributed by atoms with Crippen LogP contribution in [-0.2, 0) is 16.0 Å². The van der Waals surface area contributed by atoms with Crippen LogP contribution in [0, 0.1) is 5.41 Å². The minimum Gasteiger partial charge on any atom is -0.342 e. The van der Waals surface area contributed by atoms with Crippen LogP contribution in [0.5, 0.6) is 0 Å². The molecule has 2 aromatic carbocycles. The largest absolute Gasteiger partial charge is 0.342 e. The summed E-state index contributed by atoms with van der Waals surface area (Å²) in [5.74, 6) is 0.392. The van der Waals surface area contributed by atoms with Gasteiger partial charge >= 0.3 is 0 Å². The average molecular weight is 377 g/mol. The van der Waals surface area contributed by atoms with Gasteiger partial charge in [0.05, 0.1) is 11.8 Å². The van der Waals surface area contributed by atoms with Gasteiger partial charge in [-0.15, -0.1) is 0 Å². The molecule has 4 rings (SSSR count). The topological polar surface area (TPSA) is 40.6 Å². The lowest BCUT2D eigenvalue weighted by Crippen LogP contribution is -2.38. The second kappa shape index (κ2) is 7.78. The highest BCUT2D eigenvalue weighted by atomic mass is 16.2. The molecule has 0 bridgehead atoms. The molecule has 4 nitrogen and oxygen atoms in total. The van der Waals surface area contributed by atoms with Crippen molar-refractivity contribution in [2.75, 3.05) is 26.2 Å². The van der Waals surface area contributed by atoms with Gasteiger partial charge in [-0.1, -0.05) is 61.5 Å². The Labute approximate surface area is 167 Å². The van der Waals surface area contributed by atoms with E-state index < -0.39 is 0 Å². The molecular formula is C24H28N2O2. The zero-order valence-electron chi connectivity index (χ0n) is 16.6. The number of benzene rings is 2. The summed E-state index contributed by atoms with van der Waals surface area (Å²) in [5, 5.41) is 0. The van der Waals surface area contributed by atoms with Gasteiger partial charge in [-0.25, -0.2) is 0 Å². The first-order valence-corrected chi connectivity index (χ1v) is 10.3. The quantitative estimate of drug-likeness (QED) is 0.797. The summed E-state index contributed by atoms with van der Waals surface area (Å²) in [6.45, 7) is 5.07. The average Bonchev–Trinajstić information content (AvgIpc) is 3.29. The van der Waals surface area contributed by atoms with Gasteiger partial charge in [0.15, 0.2) is 0 Å². The Morgan fingerprint density at radius 3 is 2.36 bits per heavy atom. The molecule has 0 saturated carbocycles. The molecule has 2 heterocycles. The standard InChI is InChI=1S/C24H28N2O2/c1-2-14-25-15-12-24(23(25)28)13-16-26(18-24)22(27)17-19-8-10-21(11-9-19)20-6-4-3-5-7-20/h3-11H,2,12-18H2,1H3. The molecule has 4 heteroatoms. The van der Waals surface area contributed by atoms with Gasteiger partial charge in [-0.3, -0.25) is 9.59 Å². The first kappa shape index (κ1) is 18.7. The maximum atomic E-state index is 12.8. The summed E-state index contributed by atoms with van der Waals surface area (Å²) in [6.07, 6.45) is 3.09. The first-order valence-electron chi connectivity index (χ1n) is 10.3. The van der Waals surface area contributed by atoms with Crippen molar-refractivity contribution in [3.8, 4) is 11.1 Å². The Hall–Kier alpha value is -2.62. The lowest BCUT2D eigenvalue weighted by molar-refractivity contribution is -0.136. The molecule has 1 unspecified atom stereocenters. The normalized spacial score (nSPS) is 21.7. The number of rotatable bonds is 5. The molecule has 0 aromatic heterocycles. The Bertz CT molecular complexity index is 847. The van der Waals surface area contributed by atoms with Crippen LogP contribution in [0.15, 0.2) is 54.6 Å². The second-order valence-corrected chi connectivity index (χ2v) is 8.13. The third-order valence-corrected chi connectivity index (χ3v) is 6.22. The van der Waals surface area contributed by atoms with E-state index in [2.05, 4.69) is 31.2 Å². The molecular weight excluding hydrogens is 348 g/mol. The highest BCUT2D eigenvalue weighted by Crippen LogP contribution is 2.40. The zero-order chi connectivity index (χ0) is 19.6. The van der Waals surface area contributed by atoms with E-state index in [-0.39, 0.29) is 17.2 Å². The van der Waals surface area contributed by atoms with Crippen molar-refractivity contribution >= 4 is 11.8 Å². The molecule has 1 atom stereocenters.